The van der Waals surface area contributed by atoms with E-state index in [0.717, 1.165) is 11.1 Å². The smallest absolute Gasteiger partial charge is 0.137 e. The van der Waals surface area contributed by atoms with Crippen molar-refractivity contribution in [3.63, 3.8) is 0 Å². The molecule has 10 heteroatoms. The summed E-state index contributed by atoms with van der Waals surface area (Å²) in [6, 6.07) is 18.8. The minimum absolute atomic E-state index is 0. The molecule has 2 aromatic carbocycles. The number of terminal acetylenes is 1. The van der Waals surface area contributed by atoms with E-state index in [-0.39, 0.29) is 10.3 Å². The van der Waals surface area contributed by atoms with Crippen LogP contribution in [0.2, 0.25) is 0 Å². The second-order valence-corrected chi connectivity index (χ2v) is 7.07. The van der Waals surface area contributed by atoms with Crippen LogP contribution in [0.5, 0.6) is 0 Å². The summed E-state index contributed by atoms with van der Waals surface area (Å²) in [5.74, 6) is 41.3. The molecular formula is C34H24N10. The Morgan fingerprint density at radius 1 is 0.773 bits per heavy atom. The number of nitrogens with zero attached hydrogens (tertiary/aromatic N) is 8. The second-order valence-electron chi connectivity index (χ2n) is 7.07. The summed E-state index contributed by atoms with van der Waals surface area (Å²) in [4.78, 5) is 4.01. The molecule has 0 radical (unpaired) electrons. The standard InChI is InChI=1S/C17H11N5.C17H4.H3N5.3H2/c18-9-13-1-5-15(6-2-13)17(22-12-20-11-21-22)16-7-3-14(10-19)4-8-16;1-3-5-7-9-11-13-15-17-16-14-12-10-8-6-4-2;1-3-5-4-2;;;/h1-8,11-12,17H;1H,2H3;(H3,1,2,5);3*1H. The highest BCUT2D eigenvalue weighted by atomic mass is 15.5. The Kier molecular flexibility index (Phi) is 17.8. The predicted molar refractivity (Wildman–Crippen MR) is 169 cm³/mol. The second kappa shape index (κ2) is 23.0. The maximum Gasteiger partial charge on any atom is 0.137 e. The molecule has 210 valence electrons. The van der Waals surface area contributed by atoms with E-state index in [2.05, 4.69) is 133 Å². The summed E-state index contributed by atoms with van der Waals surface area (Å²) in [6.45, 7) is 1.70. The summed E-state index contributed by atoms with van der Waals surface area (Å²) in [7, 11) is 0. The predicted octanol–water partition coefficient (Wildman–Crippen LogP) is 4.32. The molecule has 3 rings (SSSR count). The summed E-state index contributed by atoms with van der Waals surface area (Å²) < 4.78 is 1.75. The summed E-state index contributed by atoms with van der Waals surface area (Å²) in [6.07, 6.45) is 8.02. The lowest BCUT2D eigenvalue weighted by molar-refractivity contribution is 0.594. The highest BCUT2D eigenvalue weighted by Gasteiger charge is 2.17. The first kappa shape index (κ1) is 34.1. The van der Waals surface area contributed by atoms with Crippen molar-refractivity contribution in [3.8, 4) is 107 Å². The third-order valence-electron chi connectivity index (χ3n) is 4.46. The van der Waals surface area contributed by atoms with Gasteiger partial charge in [-0.25, -0.2) is 9.67 Å². The molecule has 0 bridgehead atoms. The minimum atomic E-state index is -0.150. The zero-order valence-corrected chi connectivity index (χ0v) is 23.1. The highest BCUT2D eigenvalue weighted by molar-refractivity contribution is 5.46. The van der Waals surface area contributed by atoms with Crippen molar-refractivity contribution >= 4 is 0 Å². The Balaban J connectivity index is -0.000000699. The average Bonchev–Trinajstić information content (AvgIpc) is 3.60. The molecule has 10 nitrogen and oxygen atoms in total. The van der Waals surface area contributed by atoms with Crippen molar-refractivity contribution in [2.24, 2.45) is 21.5 Å². The van der Waals surface area contributed by atoms with E-state index < -0.39 is 0 Å². The summed E-state index contributed by atoms with van der Waals surface area (Å²) >= 11 is 0. The lowest BCUT2D eigenvalue weighted by Gasteiger charge is -2.18. The van der Waals surface area contributed by atoms with Crippen LogP contribution >= 0.6 is 0 Å². The van der Waals surface area contributed by atoms with Crippen LogP contribution < -0.4 is 5.84 Å². The van der Waals surface area contributed by atoms with Gasteiger partial charge in [0, 0.05) is 4.28 Å². The van der Waals surface area contributed by atoms with Crippen LogP contribution in [-0.4, -0.2) is 14.8 Å². The summed E-state index contributed by atoms with van der Waals surface area (Å²) in [5.41, 5.74) is 9.10. The average molecular weight is 573 g/mol. The molecule has 1 aromatic heterocycles. The fourth-order valence-corrected chi connectivity index (χ4v) is 2.80. The molecular weight excluding hydrogens is 548 g/mol. The highest BCUT2D eigenvalue weighted by Crippen LogP contribution is 2.26. The molecule has 3 N–H and O–H groups in total. The minimum Gasteiger partial charge on any atom is -0.303 e. The molecule has 0 saturated carbocycles. The Morgan fingerprint density at radius 3 is 1.50 bits per heavy atom. The van der Waals surface area contributed by atoms with Crippen molar-refractivity contribution in [2.75, 3.05) is 0 Å². The Labute approximate surface area is 260 Å². The Bertz CT molecular complexity index is 1960. The summed E-state index contributed by atoms with van der Waals surface area (Å²) in [5, 5.41) is 29.8. The molecule has 0 saturated heterocycles. The molecule has 0 amide bonds. The lowest BCUT2D eigenvalue weighted by atomic mass is 9.97. The molecule has 1 heterocycles. The first-order valence-electron chi connectivity index (χ1n) is 11.8. The number of nitrogens with one attached hydrogen (secondary N) is 1. The van der Waals surface area contributed by atoms with Gasteiger partial charge in [0.2, 0.25) is 0 Å². The number of aromatic nitrogens is 3. The topological polar surface area (TPSA) is 165 Å². The molecule has 0 fully saturated rings. The first-order chi connectivity index (χ1) is 21.6. The maximum absolute atomic E-state index is 8.92. The van der Waals surface area contributed by atoms with Crippen molar-refractivity contribution in [2.45, 2.75) is 13.0 Å². The monoisotopic (exact) mass is 572 g/mol. The molecule has 0 atom stereocenters. The largest absolute Gasteiger partial charge is 0.303 e. The van der Waals surface area contributed by atoms with Gasteiger partial charge in [0.15, 0.2) is 0 Å². The van der Waals surface area contributed by atoms with Gasteiger partial charge in [-0.2, -0.15) is 21.2 Å². The van der Waals surface area contributed by atoms with E-state index in [1.54, 1.807) is 42.2 Å². The lowest BCUT2D eigenvalue weighted by Crippen LogP contribution is -2.13. The van der Waals surface area contributed by atoms with Gasteiger partial charge in [-0.1, -0.05) is 35.4 Å². The fourth-order valence-electron chi connectivity index (χ4n) is 2.80. The van der Waals surface area contributed by atoms with E-state index in [1.807, 2.05) is 24.3 Å². The SMILES string of the molecule is C#CC#CC#CC#CC#CC#CC#CC#CC.N#Cc1ccc(C(c2ccc(C#N)cc2)n2cncn2)cc1.N=N/N=N/N.[HH].[HH].[HH]. The number of rotatable bonds is 4. The van der Waals surface area contributed by atoms with E-state index in [1.165, 1.54) is 6.33 Å². The number of nitrogens with two attached hydrogens (primary N) is 1. The third-order valence-corrected chi connectivity index (χ3v) is 4.46. The van der Waals surface area contributed by atoms with Crippen LogP contribution in [0.15, 0.2) is 76.9 Å². The molecule has 0 spiro atoms. The quantitative estimate of drug-likeness (QED) is 0.205. The van der Waals surface area contributed by atoms with Crippen LogP contribution in [0.3, 0.4) is 0 Å². The van der Waals surface area contributed by atoms with Crippen molar-refractivity contribution < 1.29 is 4.28 Å². The zero-order valence-electron chi connectivity index (χ0n) is 23.1. The van der Waals surface area contributed by atoms with Gasteiger partial charge < -0.3 is 5.84 Å². The van der Waals surface area contributed by atoms with E-state index in [4.69, 9.17) is 22.5 Å². The van der Waals surface area contributed by atoms with Crippen LogP contribution in [0, 0.1) is 123 Å². The Morgan fingerprint density at radius 2 is 1.20 bits per heavy atom. The van der Waals surface area contributed by atoms with Gasteiger partial charge in [0.1, 0.15) is 18.7 Å². The molecule has 44 heavy (non-hydrogen) atoms. The first-order valence-corrected chi connectivity index (χ1v) is 11.8. The van der Waals surface area contributed by atoms with Gasteiger partial charge in [-0.05, 0) is 136 Å². The van der Waals surface area contributed by atoms with E-state index in [9.17, 15) is 0 Å². The third kappa shape index (κ3) is 14.3. The van der Waals surface area contributed by atoms with Crippen LogP contribution in [0.4, 0.5) is 0 Å². The molecule has 0 aliphatic heterocycles. The van der Waals surface area contributed by atoms with Crippen LogP contribution in [-0.2, 0) is 0 Å². The number of hydrogen-bond donors (Lipinski definition) is 2. The van der Waals surface area contributed by atoms with Gasteiger partial charge in [-0.3, -0.25) is 0 Å². The molecule has 0 unspecified atom stereocenters. The van der Waals surface area contributed by atoms with Crippen LogP contribution in [0.25, 0.3) is 0 Å². The van der Waals surface area contributed by atoms with Gasteiger partial charge >= 0.3 is 0 Å². The van der Waals surface area contributed by atoms with Crippen LogP contribution in [0.1, 0.15) is 39.5 Å². The maximum atomic E-state index is 8.92. The van der Waals surface area contributed by atoms with Crippen molar-refractivity contribution in [1.82, 2.24) is 14.8 Å². The van der Waals surface area contributed by atoms with Gasteiger partial charge in [0.25, 0.3) is 0 Å². The van der Waals surface area contributed by atoms with Gasteiger partial charge in [0.05, 0.1) is 23.3 Å². The molecule has 3 aromatic rings. The Hall–Kier alpha value is -7.96. The van der Waals surface area contributed by atoms with Crippen molar-refractivity contribution in [3.05, 3.63) is 83.4 Å². The molecule has 0 aliphatic rings. The number of hydrogen-bond acceptors (Lipinski definition) is 6. The van der Waals surface area contributed by atoms with E-state index >= 15 is 0 Å². The van der Waals surface area contributed by atoms with Crippen molar-refractivity contribution in [1.29, 1.82) is 16.1 Å². The fraction of sp³-hybridized carbons (Fsp3) is 0.0588. The zero-order chi connectivity index (χ0) is 32.1. The normalized spacial score (nSPS) is 7.52. The van der Waals surface area contributed by atoms with Gasteiger partial charge in [-0.15, -0.1) is 6.42 Å². The number of benzene rings is 2. The number of nitriles is 2. The van der Waals surface area contributed by atoms with E-state index in [0.29, 0.717) is 11.1 Å². The molecule has 0 aliphatic carbocycles.